The van der Waals surface area contributed by atoms with Crippen molar-refractivity contribution < 1.29 is 0 Å². The maximum absolute atomic E-state index is 4.27. The van der Waals surface area contributed by atoms with E-state index in [1.165, 1.54) is 4.70 Å². The summed E-state index contributed by atoms with van der Waals surface area (Å²) in [7, 11) is 0. The normalized spacial score (nSPS) is 10.3. The topological polar surface area (TPSA) is 24.9 Å². The van der Waals surface area contributed by atoms with Crippen molar-refractivity contribution in [2.45, 2.75) is 6.42 Å². The van der Waals surface area contributed by atoms with Crippen molar-refractivity contribution in [3.63, 3.8) is 0 Å². The van der Waals surface area contributed by atoms with Crippen molar-refractivity contribution in [3.05, 3.63) is 36.4 Å². The number of aromatic nitrogens is 1. The van der Waals surface area contributed by atoms with Crippen LogP contribution in [0.5, 0.6) is 0 Å². The zero-order valence-electron chi connectivity index (χ0n) is 7.86. The summed E-state index contributed by atoms with van der Waals surface area (Å²) >= 11 is 1.67. The van der Waals surface area contributed by atoms with Crippen molar-refractivity contribution in [2.24, 2.45) is 0 Å². The van der Waals surface area contributed by atoms with Crippen LogP contribution in [-0.4, -0.2) is 11.5 Å². The van der Waals surface area contributed by atoms with Gasteiger partial charge in [-0.15, -0.1) is 17.9 Å². The first-order valence-electron chi connectivity index (χ1n) is 4.58. The predicted molar refractivity (Wildman–Crippen MR) is 62.9 cm³/mol. The van der Waals surface area contributed by atoms with Crippen LogP contribution in [0.25, 0.3) is 10.2 Å². The monoisotopic (exact) mass is 204 g/mol. The second kappa shape index (κ2) is 4.24. The molecule has 0 amide bonds. The van der Waals surface area contributed by atoms with E-state index in [0.717, 1.165) is 24.2 Å². The quantitative estimate of drug-likeness (QED) is 0.610. The molecule has 1 heterocycles. The van der Waals surface area contributed by atoms with Crippen LogP contribution in [0.2, 0.25) is 0 Å². The second-order valence-corrected chi connectivity index (χ2v) is 3.93. The highest BCUT2D eigenvalue weighted by atomic mass is 32.1. The van der Waals surface area contributed by atoms with E-state index in [2.05, 4.69) is 35.1 Å². The number of hydrogen-bond donors (Lipinski definition) is 1. The van der Waals surface area contributed by atoms with Gasteiger partial charge in [0, 0.05) is 12.2 Å². The van der Waals surface area contributed by atoms with Gasteiger partial charge in [0.05, 0.1) is 15.7 Å². The Morgan fingerprint density at radius 3 is 3.29 bits per heavy atom. The van der Waals surface area contributed by atoms with Crippen LogP contribution in [0.3, 0.4) is 0 Å². The van der Waals surface area contributed by atoms with Gasteiger partial charge in [0.1, 0.15) is 0 Å². The zero-order valence-corrected chi connectivity index (χ0v) is 8.68. The minimum absolute atomic E-state index is 0.930. The number of hydrogen-bond acceptors (Lipinski definition) is 3. The number of nitrogens with zero attached hydrogens (tertiary/aromatic N) is 1. The molecule has 1 aromatic heterocycles. The lowest BCUT2D eigenvalue weighted by atomic mass is 10.3. The van der Waals surface area contributed by atoms with E-state index >= 15 is 0 Å². The van der Waals surface area contributed by atoms with Crippen molar-refractivity contribution in [1.29, 1.82) is 0 Å². The number of anilines is 1. The van der Waals surface area contributed by atoms with E-state index in [-0.39, 0.29) is 0 Å². The average Bonchev–Trinajstić information content (AvgIpc) is 2.65. The van der Waals surface area contributed by atoms with Gasteiger partial charge in [-0.05, 0) is 24.6 Å². The molecule has 0 bridgehead atoms. The molecular weight excluding hydrogens is 192 g/mol. The fourth-order valence-corrected chi connectivity index (χ4v) is 1.95. The smallest absolute Gasteiger partial charge is 0.0832 e. The minimum Gasteiger partial charge on any atom is -0.385 e. The molecule has 2 aromatic rings. The Balaban J connectivity index is 2.13. The van der Waals surface area contributed by atoms with Gasteiger partial charge in [0.15, 0.2) is 0 Å². The number of nitrogens with one attached hydrogen (secondary N) is 1. The Bertz CT molecular complexity index is 434. The van der Waals surface area contributed by atoms with Gasteiger partial charge in [-0.1, -0.05) is 6.08 Å². The Kier molecular flexibility index (Phi) is 2.79. The Labute approximate surface area is 87.3 Å². The maximum atomic E-state index is 4.27. The van der Waals surface area contributed by atoms with Crippen LogP contribution in [0.4, 0.5) is 5.69 Å². The first-order chi connectivity index (χ1) is 6.90. The van der Waals surface area contributed by atoms with E-state index in [1.807, 2.05) is 11.6 Å². The molecule has 1 N–H and O–H groups in total. The highest BCUT2D eigenvalue weighted by molar-refractivity contribution is 7.16. The number of rotatable bonds is 4. The summed E-state index contributed by atoms with van der Waals surface area (Å²) in [4.78, 5) is 4.27. The Hall–Kier alpha value is -1.35. The molecule has 0 atom stereocenters. The van der Waals surface area contributed by atoms with Gasteiger partial charge in [-0.3, -0.25) is 0 Å². The first kappa shape index (κ1) is 9.21. The van der Waals surface area contributed by atoms with Gasteiger partial charge in [-0.2, -0.15) is 0 Å². The third-order valence-corrected chi connectivity index (χ3v) is 2.82. The molecule has 0 radical (unpaired) electrons. The van der Waals surface area contributed by atoms with Crippen molar-refractivity contribution in [2.75, 3.05) is 11.9 Å². The predicted octanol–water partition coefficient (Wildman–Crippen LogP) is 3.28. The van der Waals surface area contributed by atoms with E-state index in [0.29, 0.717) is 0 Å². The van der Waals surface area contributed by atoms with Crippen LogP contribution < -0.4 is 5.32 Å². The molecule has 0 aliphatic heterocycles. The number of fused-ring (bicyclic) bond motifs is 1. The highest BCUT2D eigenvalue weighted by Crippen LogP contribution is 2.21. The molecule has 14 heavy (non-hydrogen) atoms. The first-order valence-corrected chi connectivity index (χ1v) is 5.46. The molecule has 0 saturated carbocycles. The Morgan fingerprint density at radius 1 is 1.50 bits per heavy atom. The molecule has 2 rings (SSSR count). The lowest BCUT2D eigenvalue weighted by molar-refractivity contribution is 1.07. The molecule has 1 aromatic carbocycles. The third-order valence-electron chi connectivity index (χ3n) is 2.01. The summed E-state index contributed by atoms with van der Waals surface area (Å²) < 4.78 is 1.24. The molecule has 0 unspecified atom stereocenters. The highest BCUT2D eigenvalue weighted by Gasteiger charge is 1.97. The molecule has 0 aliphatic rings. The molecule has 0 spiro atoms. The number of benzene rings is 1. The standard InChI is InChI=1S/C11H12N2S/c1-2-3-6-12-9-4-5-11-10(7-9)13-8-14-11/h2,4-5,7-8,12H,1,3,6H2. The average molecular weight is 204 g/mol. The zero-order chi connectivity index (χ0) is 9.80. The van der Waals surface area contributed by atoms with Gasteiger partial charge in [0.2, 0.25) is 0 Å². The number of thiazole rings is 1. The molecule has 3 heteroatoms. The summed E-state index contributed by atoms with van der Waals surface area (Å²) in [6.45, 7) is 4.61. The summed E-state index contributed by atoms with van der Waals surface area (Å²) in [5, 5.41) is 3.32. The lowest BCUT2D eigenvalue weighted by Gasteiger charge is -2.03. The molecule has 72 valence electrons. The van der Waals surface area contributed by atoms with Crippen LogP contribution in [0, 0.1) is 0 Å². The van der Waals surface area contributed by atoms with E-state index < -0.39 is 0 Å². The van der Waals surface area contributed by atoms with E-state index in [4.69, 9.17) is 0 Å². The summed E-state index contributed by atoms with van der Waals surface area (Å²) in [6, 6.07) is 6.27. The van der Waals surface area contributed by atoms with Crippen molar-refractivity contribution in [3.8, 4) is 0 Å². The fourth-order valence-electron chi connectivity index (χ4n) is 1.29. The van der Waals surface area contributed by atoms with Crippen LogP contribution in [0.15, 0.2) is 36.4 Å². The van der Waals surface area contributed by atoms with E-state index in [1.54, 1.807) is 11.3 Å². The maximum Gasteiger partial charge on any atom is 0.0832 e. The van der Waals surface area contributed by atoms with Crippen LogP contribution in [0.1, 0.15) is 6.42 Å². The molecule has 2 nitrogen and oxygen atoms in total. The van der Waals surface area contributed by atoms with E-state index in [9.17, 15) is 0 Å². The molecular formula is C11H12N2S. The summed E-state index contributed by atoms with van der Waals surface area (Å²) in [5.41, 5.74) is 4.07. The van der Waals surface area contributed by atoms with Crippen molar-refractivity contribution in [1.82, 2.24) is 4.98 Å². The fraction of sp³-hybridized carbons (Fsp3) is 0.182. The minimum atomic E-state index is 0.930. The molecule has 0 aliphatic carbocycles. The SMILES string of the molecule is C=CCCNc1ccc2scnc2c1. The van der Waals surface area contributed by atoms with Gasteiger partial charge < -0.3 is 5.32 Å². The van der Waals surface area contributed by atoms with Gasteiger partial charge in [0.25, 0.3) is 0 Å². The lowest BCUT2D eigenvalue weighted by Crippen LogP contribution is -1.99. The third kappa shape index (κ3) is 1.93. The summed E-state index contributed by atoms with van der Waals surface area (Å²) in [6.07, 6.45) is 2.89. The van der Waals surface area contributed by atoms with Crippen LogP contribution in [-0.2, 0) is 0 Å². The van der Waals surface area contributed by atoms with Gasteiger partial charge in [-0.25, -0.2) is 4.98 Å². The second-order valence-electron chi connectivity index (χ2n) is 3.04. The van der Waals surface area contributed by atoms with Crippen molar-refractivity contribution >= 4 is 27.2 Å². The largest absolute Gasteiger partial charge is 0.385 e. The molecule has 0 saturated heterocycles. The Morgan fingerprint density at radius 2 is 2.43 bits per heavy atom. The van der Waals surface area contributed by atoms with Crippen LogP contribution >= 0.6 is 11.3 Å². The van der Waals surface area contributed by atoms with Gasteiger partial charge >= 0.3 is 0 Å². The summed E-state index contributed by atoms with van der Waals surface area (Å²) in [5.74, 6) is 0. The molecule has 0 fully saturated rings.